The molecule has 0 unspecified atom stereocenters. The first-order valence-corrected chi connectivity index (χ1v) is 6.15. The minimum atomic E-state index is -0.816. The van der Waals surface area contributed by atoms with Gasteiger partial charge in [-0.3, -0.25) is 0 Å². The zero-order valence-corrected chi connectivity index (χ0v) is 9.35. The Balaban J connectivity index is 1.76. The van der Waals surface area contributed by atoms with E-state index in [2.05, 4.69) is 5.32 Å². The first kappa shape index (κ1) is 10.6. The number of carbonyl (C=O) groups is 1. The van der Waals surface area contributed by atoms with Gasteiger partial charge in [0.1, 0.15) is 4.88 Å². The van der Waals surface area contributed by atoms with Gasteiger partial charge in [0, 0.05) is 6.54 Å². The molecule has 1 aromatic heterocycles. The molecule has 1 aliphatic rings. The summed E-state index contributed by atoms with van der Waals surface area (Å²) < 4.78 is 0. The van der Waals surface area contributed by atoms with Crippen molar-refractivity contribution in [1.82, 2.24) is 5.32 Å². The lowest BCUT2D eigenvalue weighted by Crippen LogP contribution is -2.16. The quantitative estimate of drug-likeness (QED) is 0.731. The fraction of sp³-hybridized carbons (Fsp3) is 0.545. The number of nitrogens with one attached hydrogen (secondary N) is 1. The standard InChI is InChI=1S/C11H15NO2S/c13-11(14)10-9(4-6-15-10)7-12-5-3-8-1-2-8/h4,6,8,12H,1-3,5,7H2,(H,13,14). The van der Waals surface area contributed by atoms with Crippen LogP contribution in [0.2, 0.25) is 0 Å². The molecule has 3 nitrogen and oxygen atoms in total. The Labute approximate surface area is 93.1 Å². The SMILES string of the molecule is O=C(O)c1sccc1CNCCC1CC1. The predicted molar refractivity (Wildman–Crippen MR) is 60.3 cm³/mol. The second-order valence-electron chi connectivity index (χ2n) is 3.99. The van der Waals surface area contributed by atoms with E-state index in [1.54, 1.807) is 0 Å². The minimum Gasteiger partial charge on any atom is -0.477 e. The first-order valence-electron chi connectivity index (χ1n) is 5.27. The second-order valence-corrected chi connectivity index (χ2v) is 4.91. The van der Waals surface area contributed by atoms with E-state index in [9.17, 15) is 4.79 Å². The van der Waals surface area contributed by atoms with Crippen LogP contribution in [0.1, 0.15) is 34.5 Å². The molecule has 1 aliphatic carbocycles. The van der Waals surface area contributed by atoms with Crippen LogP contribution >= 0.6 is 11.3 Å². The largest absolute Gasteiger partial charge is 0.477 e. The Hall–Kier alpha value is -0.870. The molecule has 0 bridgehead atoms. The molecule has 82 valence electrons. The van der Waals surface area contributed by atoms with Gasteiger partial charge in [-0.15, -0.1) is 11.3 Å². The molecule has 1 saturated carbocycles. The second kappa shape index (κ2) is 4.77. The maximum Gasteiger partial charge on any atom is 0.346 e. The topological polar surface area (TPSA) is 49.3 Å². The summed E-state index contributed by atoms with van der Waals surface area (Å²) in [5.41, 5.74) is 0.906. The van der Waals surface area contributed by atoms with Gasteiger partial charge in [-0.2, -0.15) is 0 Å². The van der Waals surface area contributed by atoms with Crippen LogP contribution in [0.25, 0.3) is 0 Å². The van der Waals surface area contributed by atoms with E-state index in [1.165, 1.54) is 30.6 Å². The van der Waals surface area contributed by atoms with Crippen molar-refractivity contribution in [3.05, 3.63) is 21.9 Å². The van der Waals surface area contributed by atoms with Gasteiger partial charge in [-0.05, 0) is 35.9 Å². The number of hydrogen-bond acceptors (Lipinski definition) is 3. The van der Waals surface area contributed by atoms with Crippen molar-refractivity contribution >= 4 is 17.3 Å². The Morgan fingerprint density at radius 3 is 3.07 bits per heavy atom. The Kier molecular flexibility index (Phi) is 3.38. The summed E-state index contributed by atoms with van der Waals surface area (Å²) in [5.74, 6) is 0.114. The third-order valence-corrected chi connectivity index (χ3v) is 3.63. The van der Waals surface area contributed by atoms with Crippen LogP contribution in [0.15, 0.2) is 11.4 Å². The fourth-order valence-corrected chi connectivity index (χ4v) is 2.36. The summed E-state index contributed by atoms with van der Waals surface area (Å²) in [6, 6.07) is 1.89. The summed E-state index contributed by atoms with van der Waals surface area (Å²) in [5, 5.41) is 14.0. The highest BCUT2D eigenvalue weighted by atomic mass is 32.1. The van der Waals surface area contributed by atoms with E-state index in [4.69, 9.17) is 5.11 Å². The van der Waals surface area contributed by atoms with Crippen LogP contribution in [0.4, 0.5) is 0 Å². The van der Waals surface area contributed by atoms with Gasteiger partial charge >= 0.3 is 5.97 Å². The number of thiophene rings is 1. The minimum absolute atomic E-state index is 0.467. The molecule has 0 aromatic carbocycles. The average Bonchev–Trinajstić information content (AvgIpc) is 2.90. The van der Waals surface area contributed by atoms with Crippen LogP contribution in [0.3, 0.4) is 0 Å². The Morgan fingerprint density at radius 2 is 2.40 bits per heavy atom. The van der Waals surface area contributed by atoms with Crippen molar-refractivity contribution in [2.24, 2.45) is 5.92 Å². The molecule has 2 rings (SSSR count). The zero-order chi connectivity index (χ0) is 10.7. The van der Waals surface area contributed by atoms with Crippen molar-refractivity contribution in [3.8, 4) is 0 Å². The third kappa shape index (κ3) is 3.04. The van der Waals surface area contributed by atoms with Crippen molar-refractivity contribution in [2.75, 3.05) is 6.54 Å². The van der Waals surface area contributed by atoms with Gasteiger partial charge in [-0.25, -0.2) is 4.79 Å². The normalized spacial score (nSPS) is 15.5. The van der Waals surface area contributed by atoms with Crippen molar-refractivity contribution < 1.29 is 9.90 Å². The molecule has 0 aliphatic heterocycles. The van der Waals surface area contributed by atoms with Crippen LogP contribution in [-0.4, -0.2) is 17.6 Å². The predicted octanol–water partition coefficient (Wildman–Crippen LogP) is 2.34. The van der Waals surface area contributed by atoms with E-state index >= 15 is 0 Å². The molecule has 1 heterocycles. The lowest BCUT2D eigenvalue weighted by Gasteiger charge is -2.03. The van der Waals surface area contributed by atoms with Gasteiger partial charge in [-0.1, -0.05) is 12.8 Å². The van der Waals surface area contributed by atoms with E-state index in [0.717, 1.165) is 18.0 Å². The van der Waals surface area contributed by atoms with Crippen LogP contribution < -0.4 is 5.32 Å². The third-order valence-electron chi connectivity index (χ3n) is 2.68. The molecule has 4 heteroatoms. The first-order chi connectivity index (χ1) is 7.27. The number of aromatic carboxylic acids is 1. The van der Waals surface area contributed by atoms with Crippen molar-refractivity contribution in [1.29, 1.82) is 0 Å². The highest BCUT2D eigenvalue weighted by molar-refractivity contribution is 7.12. The molecule has 0 amide bonds. The number of carboxylic acid groups (broad SMARTS) is 1. The van der Waals surface area contributed by atoms with Gasteiger partial charge in [0.05, 0.1) is 0 Å². The van der Waals surface area contributed by atoms with Crippen molar-refractivity contribution in [3.63, 3.8) is 0 Å². The highest BCUT2D eigenvalue weighted by Crippen LogP contribution is 2.31. The molecule has 2 N–H and O–H groups in total. The maximum absolute atomic E-state index is 10.8. The molecule has 0 atom stereocenters. The summed E-state index contributed by atoms with van der Waals surface area (Å²) in [6.45, 7) is 1.68. The van der Waals surface area contributed by atoms with E-state index < -0.39 is 5.97 Å². The molecule has 0 radical (unpaired) electrons. The zero-order valence-electron chi connectivity index (χ0n) is 8.53. The monoisotopic (exact) mass is 225 g/mol. The van der Waals surface area contributed by atoms with Crippen LogP contribution in [0.5, 0.6) is 0 Å². The van der Waals surface area contributed by atoms with E-state index in [1.807, 2.05) is 11.4 Å². The fourth-order valence-electron chi connectivity index (χ4n) is 1.60. The number of carboxylic acids is 1. The van der Waals surface area contributed by atoms with Gasteiger partial charge in [0.2, 0.25) is 0 Å². The summed E-state index contributed by atoms with van der Waals surface area (Å²) in [6.07, 6.45) is 3.98. The van der Waals surface area contributed by atoms with Crippen molar-refractivity contribution in [2.45, 2.75) is 25.8 Å². The van der Waals surface area contributed by atoms with Crippen LogP contribution in [0, 0.1) is 5.92 Å². The lowest BCUT2D eigenvalue weighted by atomic mass is 10.2. The summed E-state index contributed by atoms with van der Waals surface area (Å²) in [7, 11) is 0. The maximum atomic E-state index is 10.8. The summed E-state index contributed by atoms with van der Waals surface area (Å²) >= 11 is 1.29. The Bertz CT molecular complexity index is 344. The molecule has 1 fully saturated rings. The molecular formula is C11H15NO2S. The van der Waals surface area contributed by atoms with E-state index in [0.29, 0.717) is 11.4 Å². The molecule has 1 aromatic rings. The number of hydrogen-bond donors (Lipinski definition) is 2. The summed E-state index contributed by atoms with van der Waals surface area (Å²) in [4.78, 5) is 11.3. The van der Waals surface area contributed by atoms with Gasteiger partial charge in [0.25, 0.3) is 0 Å². The average molecular weight is 225 g/mol. The van der Waals surface area contributed by atoms with Gasteiger partial charge in [0.15, 0.2) is 0 Å². The molecule has 15 heavy (non-hydrogen) atoms. The Morgan fingerprint density at radius 1 is 1.60 bits per heavy atom. The van der Waals surface area contributed by atoms with E-state index in [-0.39, 0.29) is 0 Å². The molecule has 0 spiro atoms. The van der Waals surface area contributed by atoms with Crippen LogP contribution in [-0.2, 0) is 6.54 Å². The highest BCUT2D eigenvalue weighted by Gasteiger charge is 2.20. The molecular weight excluding hydrogens is 210 g/mol. The number of rotatable bonds is 6. The smallest absolute Gasteiger partial charge is 0.346 e. The molecule has 0 saturated heterocycles. The van der Waals surface area contributed by atoms with Gasteiger partial charge < -0.3 is 10.4 Å². The lowest BCUT2D eigenvalue weighted by molar-refractivity contribution is 0.0701.